The first-order valence-electron chi connectivity index (χ1n) is 6.02. The maximum absolute atomic E-state index is 6.05. The van der Waals surface area contributed by atoms with Gasteiger partial charge in [0.15, 0.2) is 0 Å². The van der Waals surface area contributed by atoms with Crippen LogP contribution in [0.3, 0.4) is 0 Å². The predicted molar refractivity (Wildman–Crippen MR) is 70.8 cm³/mol. The van der Waals surface area contributed by atoms with Crippen LogP contribution in [0.4, 0.5) is 5.69 Å². The number of rotatable bonds is 1. The minimum absolute atomic E-state index is 0.281. The Bertz CT molecular complexity index is 520. The molecule has 1 aliphatic rings. The van der Waals surface area contributed by atoms with Gasteiger partial charge in [0.2, 0.25) is 0 Å². The third-order valence-corrected chi connectivity index (χ3v) is 3.42. The van der Waals surface area contributed by atoms with Gasteiger partial charge in [0.25, 0.3) is 0 Å². The summed E-state index contributed by atoms with van der Waals surface area (Å²) in [5.74, 6) is 0. The third-order valence-electron chi connectivity index (χ3n) is 3.42. The Balaban J connectivity index is 2.09. The Labute approximate surface area is 101 Å². The molecule has 0 bridgehead atoms. The molecule has 0 spiro atoms. The summed E-state index contributed by atoms with van der Waals surface area (Å²) in [5.41, 5.74) is 10.9. The van der Waals surface area contributed by atoms with Crippen molar-refractivity contribution < 1.29 is 0 Å². The molecule has 0 saturated carbocycles. The molecular formula is C15H16N2. The van der Waals surface area contributed by atoms with Crippen molar-refractivity contribution in [3.8, 4) is 0 Å². The number of benzene rings is 2. The highest BCUT2D eigenvalue weighted by Crippen LogP contribution is 2.31. The zero-order valence-corrected chi connectivity index (χ0v) is 9.69. The summed E-state index contributed by atoms with van der Waals surface area (Å²) in [6.45, 7) is 0.987. The van der Waals surface area contributed by atoms with Crippen LogP contribution in [0.25, 0.3) is 0 Å². The minimum atomic E-state index is 0.281. The van der Waals surface area contributed by atoms with E-state index in [1.54, 1.807) is 0 Å². The molecule has 1 atom stereocenters. The molecule has 0 unspecified atom stereocenters. The van der Waals surface area contributed by atoms with Crippen molar-refractivity contribution in [1.29, 1.82) is 0 Å². The highest BCUT2D eigenvalue weighted by molar-refractivity contribution is 5.54. The first-order valence-corrected chi connectivity index (χ1v) is 6.02. The smallest absolute Gasteiger partial charge is 0.0580 e. The van der Waals surface area contributed by atoms with Gasteiger partial charge in [-0.3, -0.25) is 0 Å². The molecule has 0 aliphatic carbocycles. The van der Waals surface area contributed by atoms with Crippen molar-refractivity contribution in [2.45, 2.75) is 12.5 Å². The van der Waals surface area contributed by atoms with E-state index in [1.165, 1.54) is 16.7 Å². The van der Waals surface area contributed by atoms with Gasteiger partial charge in [-0.2, -0.15) is 0 Å². The van der Waals surface area contributed by atoms with E-state index in [-0.39, 0.29) is 6.04 Å². The van der Waals surface area contributed by atoms with Crippen LogP contribution in [0, 0.1) is 0 Å². The van der Waals surface area contributed by atoms with Gasteiger partial charge in [-0.25, -0.2) is 0 Å². The van der Waals surface area contributed by atoms with Gasteiger partial charge in [-0.15, -0.1) is 0 Å². The van der Waals surface area contributed by atoms with Gasteiger partial charge in [0, 0.05) is 12.2 Å². The van der Waals surface area contributed by atoms with Crippen LogP contribution in [-0.4, -0.2) is 6.54 Å². The van der Waals surface area contributed by atoms with Crippen molar-refractivity contribution in [2.75, 3.05) is 12.3 Å². The maximum atomic E-state index is 6.05. The largest absolute Gasteiger partial charge is 0.398 e. The standard InChI is InChI=1S/C15H16N2/c16-14-8-4-7-13-12(14)9-10-17-15(13)11-5-2-1-3-6-11/h1-8,15,17H,9-10,16H2/t15-/m1/s1. The van der Waals surface area contributed by atoms with E-state index in [1.807, 2.05) is 18.2 Å². The van der Waals surface area contributed by atoms with E-state index in [0.29, 0.717) is 0 Å². The molecule has 3 rings (SSSR count). The number of nitrogen functional groups attached to an aromatic ring is 1. The Kier molecular flexibility index (Phi) is 2.57. The van der Waals surface area contributed by atoms with Crippen molar-refractivity contribution in [1.82, 2.24) is 5.32 Å². The van der Waals surface area contributed by atoms with Crippen LogP contribution < -0.4 is 11.1 Å². The lowest BCUT2D eigenvalue weighted by Crippen LogP contribution is -2.31. The predicted octanol–water partition coefficient (Wildman–Crippen LogP) is 2.50. The van der Waals surface area contributed by atoms with E-state index in [2.05, 4.69) is 35.6 Å². The zero-order valence-electron chi connectivity index (χ0n) is 9.69. The molecule has 0 saturated heterocycles. The molecule has 2 aromatic carbocycles. The summed E-state index contributed by atoms with van der Waals surface area (Å²) in [6.07, 6.45) is 1.02. The van der Waals surface area contributed by atoms with E-state index in [9.17, 15) is 0 Å². The molecule has 3 N–H and O–H groups in total. The fraction of sp³-hybridized carbons (Fsp3) is 0.200. The Hall–Kier alpha value is -1.80. The summed E-state index contributed by atoms with van der Waals surface area (Å²) in [4.78, 5) is 0. The first-order chi connectivity index (χ1) is 8.36. The topological polar surface area (TPSA) is 38.0 Å². The fourth-order valence-corrected chi connectivity index (χ4v) is 2.58. The fourth-order valence-electron chi connectivity index (χ4n) is 2.58. The van der Waals surface area contributed by atoms with Gasteiger partial charge >= 0.3 is 0 Å². The highest BCUT2D eigenvalue weighted by Gasteiger charge is 2.21. The number of nitrogens with one attached hydrogen (secondary N) is 1. The molecule has 1 heterocycles. The minimum Gasteiger partial charge on any atom is -0.398 e. The molecule has 0 radical (unpaired) electrons. The van der Waals surface area contributed by atoms with Crippen LogP contribution in [0.2, 0.25) is 0 Å². The summed E-state index contributed by atoms with van der Waals surface area (Å²) in [6, 6.07) is 17.0. The molecule has 0 fully saturated rings. The van der Waals surface area contributed by atoms with E-state index in [0.717, 1.165) is 18.7 Å². The second-order valence-electron chi connectivity index (χ2n) is 4.46. The van der Waals surface area contributed by atoms with E-state index in [4.69, 9.17) is 5.73 Å². The van der Waals surface area contributed by atoms with Gasteiger partial charge in [-0.1, -0.05) is 42.5 Å². The number of hydrogen-bond donors (Lipinski definition) is 2. The second-order valence-corrected chi connectivity index (χ2v) is 4.46. The summed E-state index contributed by atoms with van der Waals surface area (Å²) < 4.78 is 0. The molecule has 17 heavy (non-hydrogen) atoms. The van der Waals surface area contributed by atoms with E-state index < -0.39 is 0 Å². The number of fused-ring (bicyclic) bond motifs is 1. The summed E-state index contributed by atoms with van der Waals surface area (Å²) in [7, 11) is 0. The van der Waals surface area contributed by atoms with Crippen molar-refractivity contribution in [2.24, 2.45) is 0 Å². The Morgan fingerprint density at radius 2 is 1.82 bits per heavy atom. The van der Waals surface area contributed by atoms with Crippen LogP contribution in [0.5, 0.6) is 0 Å². The first kappa shape index (κ1) is 10.4. The molecule has 86 valence electrons. The Morgan fingerprint density at radius 3 is 2.65 bits per heavy atom. The second kappa shape index (κ2) is 4.22. The molecule has 0 amide bonds. The number of hydrogen-bond acceptors (Lipinski definition) is 2. The SMILES string of the molecule is Nc1cccc2c1CCN[C@@H]2c1ccccc1. The highest BCUT2D eigenvalue weighted by atomic mass is 14.9. The van der Waals surface area contributed by atoms with Crippen LogP contribution in [-0.2, 0) is 6.42 Å². The van der Waals surface area contributed by atoms with Gasteiger partial charge < -0.3 is 11.1 Å². The van der Waals surface area contributed by atoms with Gasteiger partial charge in [0.05, 0.1) is 6.04 Å². The van der Waals surface area contributed by atoms with Crippen molar-refractivity contribution in [3.63, 3.8) is 0 Å². The average Bonchev–Trinajstić information content (AvgIpc) is 2.40. The molecule has 2 nitrogen and oxygen atoms in total. The normalized spacial score (nSPS) is 18.7. The van der Waals surface area contributed by atoms with Gasteiger partial charge in [-0.05, 0) is 29.2 Å². The van der Waals surface area contributed by atoms with Crippen LogP contribution in [0.15, 0.2) is 48.5 Å². The monoisotopic (exact) mass is 224 g/mol. The number of anilines is 1. The van der Waals surface area contributed by atoms with Crippen molar-refractivity contribution >= 4 is 5.69 Å². The lowest BCUT2D eigenvalue weighted by molar-refractivity contribution is 0.569. The van der Waals surface area contributed by atoms with E-state index >= 15 is 0 Å². The van der Waals surface area contributed by atoms with Crippen LogP contribution >= 0.6 is 0 Å². The molecule has 1 aliphatic heterocycles. The summed E-state index contributed by atoms with van der Waals surface area (Å²) in [5, 5.41) is 3.56. The zero-order chi connectivity index (χ0) is 11.7. The molecule has 2 heteroatoms. The quantitative estimate of drug-likeness (QED) is 0.730. The lowest BCUT2D eigenvalue weighted by Gasteiger charge is -2.28. The number of nitrogens with two attached hydrogens (primary N) is 1. The molecule has 0 aromatic heterocycles. The molecule has 2 aromatic rings. The van der Waals surface area contributed by atoms with Crippen LogP contribution in [0.1, 0.15) is 22.7 Å². The average molecular weight is 224 g/mol. The lowest BCUT2D eigenvalue weighted by atomic mass is 9.89. The molecular weight excluding hydrogens is 208 g/mol. The van der Waals surface area contributed by atoms with Gasteiger partial charge in [0.1, 0.15) is 0 Å². The third kappa shape index (κ3) is 1.81. The van der Waals surface area contributed by atoms with Crippen molar-refractivity contribution in [3.05, 3.63) is 65.2 Å². The summed E-state index contributed by atoms with van der Waals surface area (Å²) >= 11 is 0. The Morgan fingerprint density at radius 1 is 1.00 bits per heavy atom. The maximum Gasteiger partial charge on any atom is 0.0580 e.